The molecule has 0 spiro atoms. The fraction of sp³-hybridized carbons (Fsp3) is 0.500. The Morgan fingerprint density at radius 3 is 2.85 bits per heavy atom. The number of aliphatic hydroxyl groups is 1. The Kier molecular flexibility index (Phi) is 6.53. The van der Waals surface area contributed by atoms with Crippen molar-refractivity contribution < 1.29 is 24.2 Å². The summed E-state index contributed by atoms with van der Waals surface area (Å²) in [6.07, 6.45) is 1.74. The lowest BCUT2D eigenvalue weighted by atomic mass is 10.4. The molecule has 1 N–H and O–H groups in total. The highest BCUT2D eigenvalue weighted by Gasteiger charge is 2.06. The van der Waals surface area contributed by atoms with E-state index in [4.69, 9.17) is 5.11 Å². The normalized spacial score (nSPS) is 12.5. The third-order valence-corrected chi connectivity index (χ3v) is 1.06. The summed E-state index contributed by atoms with van der Waals surface area (Å²) in [5.41, 5.74) is 0. The highest BCUT2D eigenvalue weighted by Crippen LogP contribution is 1.88. The molecule has 0 aliphatic rings. The van der Waals surface area contributed by atoms with Gasteiger partial charge >= 0.3 is 12.4 Å². The summed E-state index contributed by atoms with van der Waals surface area (Å²) in [5.74, 6) is -0.545. The van der Waals surface area contributed by atoms with Crippen LogP contribution in [-0.2, 0) is 19.1 Å². The van der Waals surface area contributed by atoms with Crippen LogP contribution in [0.4, 0.5) is 0 Å². The van der Waals surface area contributed by atoms with Gasteiger partial charge in [0, 0.05) is 6.08 Å². The Morgan fingerprint density at radius 1 is 1.62 bits per heavy atom. The fourth-order valence-corrected chi connectivity index (χ4v) is 0.541. The smallest absolute Gasteiger partial charge is 0.417 e. The summed E-state index contributed by atoms with van der Waals surface area (Å²) >= 11 is 0. The third-order valence-electron chi connectivity index (χ3n) is 1.06. The van der Waals surface area contributed by atoms with Crippen LogP contribution in [0.15, 0.2) is 12.2 Å². The second kappa shape index (κ2) is 7.30. The van der Waals surface area contributed by atoms with Gasteiger partial charge in [-0.2, -0.15) is 0 Å². The van der Waals surface area contributed by atoms with Gasteiger partial charge in [-0.1, -0.05) is 6.08 Å². The van der Waals surface area contributed by atoms with Crippen molar-refractivity contribution in [3.63, 3.8) is 0 Å². The van der Waals surface area contributed by atoms with Crippen molar-refractivity contribution in [2.24, 2.45) is 0 Å². The molecule has 0 amide bonds. The number of aliphatic hydroxyl groups excluding tert-OH is 1. The molecule has 13 heavy (non-hydrogen) atoms. The lowest BCUT2D eigenvalue weighted by Crippen LogP contribution is -2.22. The van der Waals surface area contributed by atoms with Gasteiger partial charge in [-0.25, -0.2) is 9.59 Å². The first kappa shape index (κ1) is 11.6. The van der Waals surface area contributed by atoms with Crippen LogP contribution in [0, 0.1) is 0 Å². The Bertz CT molecular complexity index is 187. The Morgan fingerprint density at radius 2 is 2.31 bits per heavy atom. The maximum atomic E-state index is 10.7. The van der Waals surface area contributed by atoms with Crippen molar-refractivity contribution >= 4 is 12.4 Å². The van der Waals surface area contributed by atoms with Gasteiger partial charge in [0.15, 0.2) is 0 Å². The first-order valence-corrected chi connectivity index (χ1v) is 3.67. The van der Waals surface area contributed by atoms with Gasteiger partial charge in [0.25, 0.3) is 0 Å². The molecule has 0 aliphatic carbocycles. The summed E-state index contributed by atoms with van der Waals surface area (Å²) < 4.78 is 8.68. The van der Waals surface area contributed by atoms with Crippen molar-refractivity contribution in [3.8, 4) is 0 Å². The van der Waals surface area contributed by atoms with Crippen molar-refractivity contribution in [1.29, 1.82) is 0 Å². The van der Waals surface area contributed by atoms with Crippen LogP contribution < -0.4 is 0 Å². The van der Waals surface area contributed by atoms with Crippen LogP contribution in [0.25, 0.3) is 0 Å². The number of esters is 1. The lowest BCUT2D eigenvalue weighted by Gasteiger charge is -2.07. The SMILES string of the molecule is CC=CC(=O)OCC(O)CO[C]=O. The molecule has 1 unspecified atom stereocenters. The maximum Gasteiger partial charge on any atom is 0.417 e. The molecule has 1 atom stereocenters. The highest BCUT2D eigenvalue weighted by molar-refractivity contribution is 5.81. The van der Waals surface area contributed by atoms with E-state index in [2.05, 4.69) is 9.47 Å². The van der Waals surface area contributed by atoms with Crippen LogP contribution in [-0.4, -0.2) is 36.9 Å². The lowest BCUT2D eigenvalue weighted by molar-refractivity contribution is -0.141. The molecule has 0 rings (SSSR count). The number of hydrogen-bond acceptors (Lipinski definition) is 5. The number of ether oxygens (including phenoxy) is 2. The molecule has 0 saturated heterocycles. The predicted molar refractivity (Wildman–Crippen MR) is 43.4 cm³/mol. The highest BCUT2D eigenvalue weighted by atomic mass is 16.6. The summed E-state index contributed by atoms with van der Waals surface area (Å²) in [4.78, 5) is 20.3. The molecular weight excluding hydrogens is 176 g/mol. The van der Waals surface area contributed by atoms with E-state index < -0.39 is 12.1 Å². The van der Waals surface area contributed by atoms with Crippen molar-refractivity contribution in [2.75, 3.05) is 13.2 Å². The molecule has 5 heteroatoms. The molecule has 1 radical (unpaired) electrons. The molecule has 0 aromatic rings. The van der Waals surface area contributed by atoms with E-state index >= 15 is 0 Å². The second-order valence-corrected chi connectivity index (χ2v) is 2.18. The van der Waals surface area contributed by atoms with Crippen LogP contribution >= 0.6 is 0 Å². The molecule has 0 aromatic heterocycles. The number of rotatable bonds is 6. The fourth-order valence-electron chi connectivity index (χ4n) is 0.541. The number of carbonyl (C=O) groups excluding carboxylic acids is 2. The van der Waals surface area contributed by atoms with Gasteiger partial charge < -0.3 is 14.6 Å². The van der Waals surface area contributed by atoms with Crippen LogP contribution in [0.3, 0.4) is 0 Å². The average Bonchev–Trinajstić information content (AvgIpc) is 2.12. The molecule has 0 saturated carbocycles. The molecule has 5 nitrogen and oxygen atoms in total. The van der Waals surface area contributed by atoms with Crippen molar-refractivity contribution in [3.05, 3.63) is 12.2 Å². The van der Waals surface area contributed by atoms with Gasteiger partial charge in [-0.15, -0.1) is 0 Å². The predicted octanol–water partition coefficient (Wildman–Crippen LogP) is -0.450. The van der Waals surface area contributed by atoms with E-state index in [0.29, 0.717) is 0 Å². The van der Waals surface area contributed by atoms with E-state index in [1.165, 1.54) is 12.2 Å². The van der Waals surface area contributed by atoms with Gasteiger partial charge in [0.1, 0.15) is 19.3 Å². The Hall–Kier alpha value is -1.36. The standard InChI is InChI=1S/C8H11O5/c1-2-3-8(11)13-5-7(10)4-12-6-9/h2-3,7,10H,4-5H2,1H3. The minimum absolute atomic E-state index is 0.204. The van der Waals surface area contributed by atoms with E-state index in [9.17, 15) is 9.59 Å². The molecule has 0 heterocycles. The topological polar surface area (TPSA) is 72.8 Å². The molecule has 0 aliphatic heterocycles. The first-order valence-electron chi connectivity index (χ1n) is 3.67. The maximum absolute atomic E-state index is 10.7. The minimum Gasteiger partial charge on any atom is -0.460 e. The molecule has 0 bridgehead atoms. The molecule has 73 valence electrons. The summed E-state index contributed by atoms with van der Waals surface area (Å²) in [6.45, 7) is 2.38. The van der Waals surface area contributed by atoms with E-state index in [-0.39, 0.29) is 13.2 Å². The Balaban J connectivity index is 3.50. The van der Waals surface area contributed by atoms with Crippen molar-refractivity contribution in [2.45, 2.75) is 13.0 Å². The number of allylic oxidation sites excluding steroid dienone is 1. The van der Waals surface area contributed by atoms with Gasteiger partial charge in [0.05, 0.1) is 0 Å². The third kappa shape index (κ3) is 7.02. The quantitative estimate of drug-likeness (QED) is 0.450. The monoisotopic (exact) mass is 187 g/mol. The van der Waals surface area contributed by atoms with Crippen LogP contribution in [0.5, 0.6) is 0 Å². The first-order chi connectivity index (χ1) is 6.20. The average molecular weight is 187 g/mol. The van der Waals surface area contributed by atoms with Crippen LogP contribution in [0.1, 0.15) is 6.92 Å². The number of carbonyl (C=O) groups is 1. The minimum atomic E-state index is -1.00. The molecule has 0 fully saturated rings. The van der Waals surface area contributed by atoms with Gasteiger partial charge in [-0.05, 0) is 6.92 Å². The number of hydrogen-bond donors (Lipinski definition) is 1. The van der Waals surface area contributed by atoms with E-state index in [0.717, 1.165) is 6.47 Å². The van der Waals surface area contributed by atoms with Crippen molar-refractivity contribution in [1.82, 2.24) is 0 Å². The Labute approximate surface area is 75.9 Å². The zero-order valence-corrected chi connectivity index (χ0v) is 7.23. The second-order valence-electron chi connectivity index (χ2n) is 2.18. The van der Waals surface area contributed by atoms with E-state index in [1.54, 1.807) is 6.92 Å². The molecule has 0 aromatic carbocycles. The summed E-state index contributed by atoms with van der Waals surface area (Å²) in [5, 5.41) is 8.99. The van der Waals surface area contributed by atoms with Gasteiger partial charge in [0.2, 0.25) is 0 Å². The summed E-state index contributed by atoms with van der Waals surface area (Å²) in [6, 6.07) is 0. The largest absolute Gasteiger partial charge is 0.460 e. The van der Waals surface area contributed by atoms with Crippen LogP contribution in [0.2, 0.25) is 0 Å². The van der Waals surface area contributed by atoms with E-state index in [1.807, 2.05) is 0 Å². The zero-order valence-electron chi connectivity index (χ0n) is 7.23. The zero-order chi connectivity index (χ0) is 10.1. The van der Waals surface area contributed by atoms with Gasteiger partial charge in [-0.3, -0.25) is 0 Å². The molecular formula is C8H11O5. The summed E-state index contributed by atoms with van der Waals surface area (Å²) in [7, 11) is 0.